The summed E-state index contributed by atoms with van der Waals surface area (Å²) in [5.74, 6) is -1.38. The Balaban J connectivity index is 1.81. The number of rotatable bonds is 2. The van der Waals surface area contributed by atoms with E-state index in [1.807, 2.05) is 0 Å². The molecule has 2 N–H and O–H groups in total. The first kappa shape index (κ1) is 11.6. The summed E-state index contributed by atoms with van der Waals surface area (Å²) in [4.78, 5) is 29.6. The van der Waals surface area contributed by atoms with Gasteiger partial charge >= 0.3 is 5.97 Å². The number of carboxylic acids is 1. The summed E-state index contributed by atoms with van der Waals surface area (Å²) in [5, 5.41) is 12.4. The van der Waals surface area contributed by atoms with Gasteiger partial charge in [-0.05, 0) is 0 Å². The molecule has 1 aromatic rings. The van der Waals surface area contributed by atoms with Crippen molar-refractivity contribution in [2.24, 2.45) is 11.3 Å². The number of hydrogen-bond donors (Lipinski definition) is 2. The van der Waals surface area contributed by atoms with Gasteiger partial charge in [-0.25, -0.2) is 0 Å². The van der Waals surface area contributed by atoms with E-state index in [9.17, 15) is 14.7 Å². The molecule has 2 aliphatic heterocycles. The molecule has 2 saturated heterocycles. The molecular formula is C11H13N3O3S. The standard InChI is InChI=1S/C11H13N3O3S/c15-9(8-1-12-6-18-8)14-2-7(10(16)17)11(5-14)3-13-4-11/h1,6-7,13H,2-5H2,(H,16,17)/t7-/m0/s1. The summed E-state index contributed by atoms with van der Waals surface area (Å²) in [6.45, 7) is 2.17. The van der Waals surface area contributed by atoms with Gasteiger partial charge in [0, 0.05) is 31.6 Å². The second-order valence-corrected chi connectivity index (χ2v) is 5.79. The summed E-state index contributed by atoms with van der Waals surface area (Å²) in [6.07, 6.45) is 1.53. The maximum absolute atomic E-state index is 12.2. The second-order valence-electron chi connectivity index (χ2n) is 4.91. The SMILES string of the molecule is O=C(O)[C@@H]1CN(C(=O)c2cncs2)CC12CNC2. The molecular weight excluding hydrogens is 254 g/mol. The predicted molar refractivity (Wildman–Crippen MR) is 64.4 cm³/mol. The van der Waals surface area contributed by atoms with Gasteiger partial charge in [0.05, 0.1) is 17.6 Å². The Morgan fingerprint density at radius 3 is 2.78 bits per heavy atom. The van der Waals surface area contributed by atoms with E-state index in [-0.39, 0.29) is 11.3 Å². The van der Waals surface area contributed by atoms with E-state index in [0.717, 1.165) is 0 Å². The first-order chi connectivity index (χ1) is 8.62. The van der Waals surface area contributed by atoms with Crippen LogP contribution in [0.15, 0.2) is 11.7 Å². The molecule has 1 aromatic heterocycles. The molecule has 0 aromatic carbocycles. The van der Waals surface area contributed by atoms with Crippen molar-refractivity contribution < 1.29 is 14.7 Å². The Morgan fingerprint density at radius 2 is 2.33 bits per heavy atom. The van der Waals surface area contributed by atoms with E-state index in [1.165, 1.54) is 17.5 Å². The minimum atomic E-state index is -0.809. The van der Waals surface area contributed by atoms with Crippen LogP contribution in [-0.2, 0) is 4.79 Å². The van der Waals surface area contributed by atoms with Crippen LogP contribution >= 0.6 is 11.3 Å². The van der Waals surface area contributed by atoms with Gasteiger partial charge in [0.2, 0.25) is 0 Å². The van der Waals surface area contributed by atoms with Gasteiger partial charge in [0.25, 0.3) is 5.91 Å². The predicted octanol–water partition coefficient (Wildman–Crippen LogP) is -0.111. The largest absolute Gasteiger partial charge is 0.481 e. The number of hydrogen-bond acceptors (Lipinski definition) is 5. The Labute approximate surface area is 108 Å². The van der Waals surface area contributed by atoms with Crippen molar-refractivity contribution in [3.63, 3.8) is 0 Å². The molecule has 2 fully saturated rings. The highest BCUT2D eigenvalue weighted by Gasteiger charge is 2.55. The molecule has 6 nitrogen and oxygen atoms in total. The van der Waals surface area contributed by atoms with Crippen molar-refractivity contribution >= 4 is 23.2 Å². The molecule has 18 heavy (non-hydrogen) atoms. The number of amides is 1. The lowest BCUT2D eigenvalue weighted by atomic mass is 9.73. The highest BCUT2D eigenvalue weighted by Crippen LogP contribution is 2.40. The summed E-state index contributed by atoms with van der Waals surface area (Å²) in [6, 6.07) is 0. The summed E-state index contributed by atoms with van der Waals surface area (Å²) < 4.78 is 0. The maximum Gasteiger partial charge on any atom is 0.309 e. The summed E-state index contributed by atoms with van der Waals surface area (Å²) >= 11 is 1.29. The fourth-order valence-electron chi connectivity index (χ4n) is 2.75. The molecule has 0 bridgehead atoms. The summed E-state index contributed by atoms with van der Waals surface area (Å²) in [5.41, 5.74) is 1.34. The minimum absolute atomic E-state index is 0.104. The number of carbonyl (C=O) groups excluding carboxylic acids is 1. The number of likely N-dealkylation sites (tertiary alicyclic amines) is 1. The molecule has 96 valence electrons. The van der Waals surface area contributed by atoms with Gasteiger partial charge in [-0.15, -0.1) is 11.3 Å². The van der Waals surface area contributed by atoms with Gasteiger partial charge in [0.15, 0.2) is 0 Å². The number of carboxylic acid groups (broad SMARTS) is 1. The zero-order valence-corrected chi connectivity index (χ0v) is 10.4. The lowest BCUT2D eigenvalue weighted by molar-refractivity contribution is -0.145. The Kier molecular flexibility index (Phi) is 2.60. The van der Waals surface area contributed by atoms with Crippen molar-refractivity contribution in [2.75, 3.05) is 26.2 Å². The number of carbonyl (C=O) groups is 2. The average molecular weight is 267 g/mol. The first-order valence-corrected chi connectivity index (χ1v) is 6.62. The third-order valence-electron chi connectivity index (χ3n) is 3.83. The molecule has 3 heterocycles. The molecule has 3 rings (SSSR count). The monoisotopic (exact) mass is 267 g/mol. The van der Waals surface area contributed by atoms with E-state index in [4.69, 9.17) is 0 Å². The molecule has 1 atom stereocenters. The number of thiazole rings is 1. The van der Waals surface area contributed by atoms with Crippen molar-refractivity contribution in [3.8, 4) is 0 Å². The van der Waals surface area contributed by atoms with E-state index in [2.05, 4.69) is 10.3 Å². The van der Waals surface area contributed by atoms with Crippen LogP contribution in [0.3, 0.4) is 0 Å². The third kappa shape index (κ3) is 1.62. The van der Waals surface area contributed by atoms with E-state index < -0.39 is 11.9 Å². The quantitative estimate of drug-likeness (QED) is 0.781. The smallest absolute Gasteiger partial charge is 0.309 e. The van der Waals surface area contributed by atoms with Gasteiger partial charge in [-0.2, -0.15) is 0 Å². The van der Waals surface area contributed by atoms with Crippen LogP contribution in [-0.4, -0.2) is 53.0 Å². The van der Waals surface area contributed by atoms with E-state index >= 15 is 0 Å². The fraction of sp³-hybridized carbons (Fsp3) is 0.545. The van der Waals surface area contributed by atoms with Crippen LogP contribution in [0.5, 0.6) is 0 Å². The number of aliphatic carboxylic acids is 1. The van der Waals surface area contributed by atoms with E-state index in [1.54, 1.807) is 10.4 Å². The zero-order chi connectivity index (χ0) is 12.8. The Morgan fingerprint density at radius 1 is 1.56 bits per heavy atom. The second kappa shape index (κ2) is 4.03. The molecule has 0 unspecified atom stereocenters. The number of aromatic nitrogens is 1. The topological polar surface area (TPSA) is 82.5 Å². The third-order valence-corrected chi connectivity index (χ3v) is 4.59. The Bertz CT molecular complexity index is 484. The molecule has 7 heteroatoms. The van der Waals surface area contributed by atoms with Crippen LogP contribution in [0.25, 0.3) is 0 Å². The van der Waals surface area contributed by atoms with Crippen molar-refractivity contribution in [3.05, 3.63) is 16.6 Å². The number of nitrogens with zero attached hydrogens (tertiary/aromatic N) is 2. The lowest BCUT2D eigenvalue weighted by Crippen LogP contribution is -2.59. The highest BCUT2D eigenvalue weighted by atomic mass is 32.1. The van der Waals surface area contributed by atoms with Crippen molar-refractivity contribution in [1.82, 2.24) is 15.2 Å². The van der Waals surface area contributed by atoms with Gasteiger partial charge in [0.1, 0.15) is 4.88 Å². The van der Waals surface area contributed by atoms with E-state index in [0.29, 0.717) is 31.1 Å². The zero-order valence-electron chi connectivity index (χ0n) is 9.63. The van der Waals surface area contributed by atoms with Gasteiger partial charge in [-0.1, -0.05) is 0 Å². The maximum atomic E-state index is 12.2. The number of nitrogens with one attached hydrogen (secondary N) is 1. The first-order valence-electron chi connectivity index (χ1n) is 5.74. The van der Waals surface area contributed by atoms with Crippen LogP contribution in [0, 0.1) is 11.3 Å². The summed E-state index contributed by atoms with van der Waals surface area (Å²) in [7, 11) is 0. The molecule has 0 saturated carbocycles. The highest BCUT2D eigenvalue weighted by molar-refractivity contribution is 7.11. The molecule has 2 aliphatic rings. The van der Waals surface area contributed by atoms with Crippen LogP contribution in [0.1, 0.15) is 9.67 Å². The lowest BCUT2D eigenvalue weighted by Gasteiger charge is -2.41. The van der Waals surface area contributed by atoms with Crippen LogP contribution < -0.4 is 5.32 Å². The molecule has 1 amide bonds. The van der Waals surface area contributed by atoms with Gasteiger partial charge in [-0.3, -0.25) is 14.6 Å². The molecule has 0 aliphatic carbocycles. The van der Waals surface area contributed by atoms with Crippen molar-refractivity contribution in [2.45, 2.75) is 0 Å². The van der Waals surface area contributed by atoms with Crippen LogP contribution in [0.4, 0.5) is 0 Å². The minimum Gasteiger partial charge on any atom is -0.481 e. The Hall–Kier alpha value is -1.47. The van der Waals surface area contributed by atoms with Gasteiger partial charge < -0.3 is 15.3 Å². The van der Waals surface area contributed by atoms with Crippen molar-refractivity contribution in [1.29, 1.82) is 0 Å². The molecule has 1 spiro atoms. The fourth-order valence-corrected chi connectivity index (χ4v) is 3.33. The molecule has 0 radical (unpaired) electrons. The normalized spacial score (nSPS) is 25.1. The average Bonchev–Trinajstić information content (AvgIpc) is 2.94. The van der Waals surface area contributed by atoms with Crippen LogP contribution in [0.2, 0.25) is 0 Å².